The topological polar surface area (TPSA) is 64.3 Å². The Morgan fingerprint density at radius 1 is 1.31 bits per heavy atom. The van der Waals surface area contributed by atoms with Crippen LogP contribution in [0.4, 0.5) is 0 Å². The summed E-state index contributed by atoms with van der Waals surface area (Å²) in [6.07, 6.45) is 3.24. The Balaban J connectivity index is 2.87. The smallest absolute Gasteiger partial charge is 0.216 e. The van der Waals surface area contributed by atoms with Gasteiger partial charge < -0.3 is 15.8 Å². The number of ether oxygens (including phenoxy) is 1. The molecule has 0 radical (unpaired) electrons. The molecule has 0 rings (SSSR count). The summed E-state index contributed by atoms with van der Waals surface area (Å²) in [6.45, 7) is 4.22. The standard InChI is InChI=1S/C9H20N2O2/c1-9(12)11-6-8-13-7-4-2-3-5-10/h2-8,10H2,1H3,(H,11,12). The van der Waals surface area contributed by atoms with Crippen LogP contribution in [0.2, 0.25) is 0 Å². The number of hydrogen-bond acceptors (Lipinski definition) is 3. The van der Waals surface area contributed by atoms with Crippen molar-refractivity contribution in [2.45, 2.75) is 26.2 Å². The summed E-state index contributed by atoms with van der Waals surface area (Å²) in [4.78, 5) is 10.4. The summed E-state index contributed by atoms with van der Waals surface area (Å²) in [5.74, 6) is -0.00766. The van der Waals surface area contributed by atoms with Crippen molar-refractivity contribution in [3.8, 4) is 0 Å². The molecule has 0 unspecified atom stereocenters. The van der Waals surface area contributed by atoms with E-state index in [1.54, 1.807) is 0 Å². The first-order valence-corrected chi connectivity index (χ1v) is 4.79. The van der Waals surface area contributed by atoms with E-state index in [4.69, 9.17) is 10.5 Å². The number of unbranched alkanes of at least 4 members (excludes halogenated alkanes) is 2. The van der Waals surface area contributed by atoms with Crippen LogP contribution in [0.1, 0.15) is 26.2 Å². The predicted molar refractivity (Wildman–Crippen MR) is 52.4 cm³/mol. The zero-order valence-electron chi connectivity index (χ0n) is 8.34. The first kappa shape index (κ1) is 12.4. The zero-order chi connectivity index (χ0) is 9.94. The summed E-state index contributed by atoms with van der Waals surface area (Å²) in [5.41, 5.74) is 5.34. The second-order valence-electron chi connectivity index (χ2n) is 2.94. The van der Waals surface area contributed by atoms with E-state index in [0.29, 0.717) is 13.2 Å². The van der Waals surface area contributed by atoms with Gasteiger partial charge in [0.05, 0.1) is 6.61 Å². The monoisotopic (exact) mass is 188 g/mol. The van der Waals surface area contributed by atoms with Gasteiger partial charge in [0.25, 0.3) is 0 Å². The quantitative estimate of drug-likeness (QED) is 0.537. The molecule has 0 aromatic carbocycles. The highest BCUT2D eigenvalue weighted by atomic mass is 16.5. The summed E-state index contributed by atoms with van der Waals surface area (Å²) in [5, 5.41) is 2.66. The molecule has 3 N–H and O–H groups in total. The SMILES string of the molecule is CC(=O)NCCOCCCCCN. The number of hydrogen-bond donors (Lipinski definition) is 2. The minimum atomic E-state index is -0.00766. The highest BCUT2D eigenvalue weighted by Crippen LogP contribution is 1.93. The molecule has 0 heterocycles. The van der Waals surface area contributed by atoms with Crippen LogP contribution in [0.25, 0.3) is 0 Å². The van der Waals surface area contributed by atoms with Crippen molar-refractivity contribution in [1.29, 1.82) is 0 Å². The van der Waals surface area contributed by atoms with E-state index in [1.807, 2.05) is 0 Å². The highest BCUT2D eigenvalue weighted by molar-refractivity contribution is 5.72. The molecule has 0 aliphatic heterocycles. The van der Waals surface area contributed by atoms with Gasteiger partial charge >= 0.3 is 0 Å². The zero-order valence-corrected chi connectivity index (χ0v) is 8.34. The Bertz CT molecular complexity index is 129. The maximum Gasteiger partial charge on any atom is 0.216 e. The van der Waals surface area contributed by atoms with Crippen LogP contribution in [0.15, 0.2) is 0 Å². The Labute approximate surface area is 79.8 Å². The summed E-state index contributed by atoms with van der Waals surface area (Å²) < 4.78 is 5.28. The molecule has 4 heteroatoms. The summed E-state index contributed by atoms with van der Waals surface area (Å²) >= 11 is 0. The van der Waals surface area contributed by atoms with Crippen molar-refractivity contribution >= 4 is 5.91 Å². The molecular weight excluding hydrogens is 168 g/mol. The number of nitrogens with one attached hydrogen (secondary N) is 1. The fourth-order valence-electron chi connectivity index (χ4n) is 0.927. The first-order valence-electron chi connectivity index (χ1n) is 4.79. The molecule has 0 aromatic heterocycles. The lowest BCUT2D eigenvalue weighted by Gasteiger charge is -2.04. The Kier molecular flexibility index (Phi) is 9.03. The number of carbonyl (C=O) groups is 1. The number of amides is 1. The molecule has 1 amide bonds. The molecule has 78 valence electrons. The van der Waals surface area contributed by atoms with Crippen molar-refractivity contribution in [2.24, 2.45) is 5.73 Å². The fourth-order valence-corrected chi connectivity index (χ4v) is 0.927. The van der Waals surface area contributed by atoms with E-state index in [2.05, 4.69) is 5.32 Å². The van der Waals surface area contributed by atoms with Crippen LogP contribution in [-0.4, -0.2) is 32.2 Å². The number of rotatable bonds is 8. The lowest BCUT2D eigenvalue weighted by molar-refractivity contribution is -0.119. The minimum absolute atomic E-state index is 0.00766. The fraction of sp³-hybridized carbons (Fsp3) is 0.889. The lowest BCUT2D eigenvalue weighted by Crippen LogP contribution is -2.24. The third kappa shape index (κ3) is 11.4. The molecule has 13 heavy (non-hydrogen) atoms. The van der Waals surface area contributed by atoms with E-state index in [-0.39, 0.29) is 5.91 Å². The van der Waals surface area contributed by atoms with Crippen LogP contribution >= 0.6 is 0 Å². The van der Waals surface area contributed by atoms with Crippen molar-refractivity contribution in [3.05, 3.63) is 0 Å². The molecule has 0 atom stereocenters. The maximum absolute atomic E-state index is 10.4. The van der Waals surface area contributed by atoms with E-state index in [9.17, 15) is 4.79 Å². The average molecular weight is 188 g/mol. The van der Waals surface area contributed by atoms with Crippen LogP contribution in [0.5, 0.6) is 0 Å². The molecule has 0 aliphatic carbocycles. The predicted octanol–water partition coefficient (Wildman–Crippen LogP) is 0.268. The molecule has 0 spiro atoms. The molecule has 0 aromatic rings. The van der Waals surface area contributed by atoms with Gasteiger partial charge in [-0.15, -0.1) is 0 Å². The van der Waals surface area contributed by atoms with E-state index < -0.39 is 0 Å². The van der Waals surface area contributed by atoms with Gasteiger partial charge in [-0.05, 0) is 25.8 Å². The molecule has 0 fully saturated rings. The number of carbonyl (C=O) groups excluding carboxylic acids is 1. The van der Waals surface area contributed by atoms with E-state index in [0.717, 1.165) is 32.4 Å². The Morgan fingerprint density at radius 3 is 2.69 bits per heavy atom. The molecular formula is C9H20N2O2. The van der Waals surface area contributed by atoms with Crippen LogP contribution < -0.4 is 11.1 Å². The van der Waals surface area contributed by atoms with E-state index in [1.165, 1.54) is 6.92 Å². The summed E-state index contributed by atoms with van der Waals surface area (Å²) in [6, 6.07) is 0. The van der Waals surface area contributed by atoms with Crippen molar-refractivity contribution < 1.29 is 9.53 Å². The van der Waals surface area contributed by atoms with Gasteiger partial charge in [-0.25, -0.2) is 0 Å². The van der Waals surface area contributed by atoms with Crippen LogP contribution in [0.3, 0.4) is 0 Å². The molecule has 4 nitrogen and oxygen atoms in total. The van der Waals surface area contributed by atoms with Gasteiger partial charge in [-0.2, -0.15) is 0 Å². The Hall–Kier alpha value is -0.610. The molecule has 0 saturated carbocycles. The molecule has 0 saturated heterocycles. The van der Waals surface area contributed by atoms with Gasteiger partial charge in [-0.3, -0.25) is 4.79 Å². The van der Waals surface area contributed by atoms with Gasteiger partial charge in [0.1, 0.15) is 0 Å². The highest BCUT2D eigenvalue weighted by Gasteiger charge is 1.91. The van der Waals surface area contributed by atoms with Crippen LogP contribution in [-0.2, 0) is 9.53 Å². The third-order valence-corrected chi connectivity index (χ3v) is 1.61. The lowest BCUT2D eigenvalue weighted by atomic mass is 10.2. The van der Waals surface area contributed by atoms with E-state index >= 15 is 0 Å². The second kappa shape index (κ2) is 9.48. The summed E-state index contributed by atoms with van der Waals surface area (Å²) in [7, 11) is 0. The van der Waals surface area contributed by atoms with Gasteiger partial charge in [0.15, 0.2) is 0 Å². The maximum atomic E-state index is 10.4. The molecule has 0 bridgehead atoms. The first-order chi connectivity index (χ1) is 6.27. The Morgan fingerprint density at radius 2 is 2.08 bits per heavy atom. The van der Waals surface area contributed by atoms with Crippen molar-refractivity contribution in [1.82, 2.24) is 5.32 Å². The van der Waals surface area contributed by atoms with Crippen LogP contribution in [0, 0.1) is 0 Å². The third-order valence-electron chi connectivity index (χ3n) is 1.61. The van der Waals surface area contributed by atoms with Gasteiger partial charge in [-0.1, -0.05) is 0 Å². The number of nitrogens with two attached hydrogens (primary N) is 1. The van der Waals surface area contributed by atoms with Crippen molar-refractivity contribution in [2.75, 3.05) is 26.3 Å². The average Bonchev–Trinajstić information content (AvgIpc) is 2.09. The van der Waals surface area contributed by atoms with Crippen molar-refractivity contribution in [3.63, 3.8) is 0 Å². The van der Waals surface area contributed by atoms with Gasteiger partial charge in [0, 0.05) is 20.1 Å². The molecule has 0 aliphatic rings. The normalized spacial score (nSPS) is 10.0. The second-order valence-corrected chi connectivity index (χ2v) is 2.94. The largest absolute Gasteiger partial charge is 0.380 e. The van der Waals surface area contributed by atoms with Gasteiger partial charge in [0.2, 0.25) is 5.91 Å². The minimum Gasteiger partial charge on any atom is -0.380 e.